The van der Waals surface area contributed by atoms with E-state index < -0.39 is 16.8 Å². The fraction of sp³-hybridized carbons (Fsp3) is 0.419. The zero-order chi connectivity index (χ0) is 24.8. The van der Waals surface area contributed by atoms with Gasteiger partial charge in [0.15, 0.2) is 0 Å². The minimum Gasteiger partial charge on any atom is -0.463 e. The number of ether oxygens (including phenoxy) is 1. The molecule has 1 unspecified atom stereocenters. The van der Waals surface area contributed by atoms with Crippen LogP contribution in [0, 0.1) is 0 Å². The molecule has 181 valence electrons. The first-order chi connectivity index (χ1) is 16.5. The predicted octanol–water partition coefficient (Wildman–Crippen LogP) is 7.11. The minimum atomic E-state index is -0.686. The molecule has 1 spiro atoms. The number of nitrogens with zero attached hydrogens (tertiary/aromatic N) is 2. The normalized spacial score (nSPS) is 26.5. The Labute approximate surface area is 208 Å². The number of piperidine rings is 1. The first kappa shape index (κ1) is 22.6. The van der Waals surface area contributed by atoms with Crippen molar-refractivity contribution in [2.24, 2.45) is 0 Å². The molecule has 1 saturated heterocycles. The SMILES string of the molecule is CC1(C)CC(N2c3ccccc3C(C)(C)C23C=Cc2c(ccc4ccccc24)O3)CC(C)(C)N1[O]. The molecule has 1 radical (unpaired) electrons. The number of rotatable bonds is 1. The van der Waals surface area contributed by atoms with Crippen LogP contribution in [0.4, 0.5) is 5.69 Å². The van der Waals surface area contributed by atoms with Crippen LogP contribution in [-0.4, -0.2) is 27.9 Å². The molecule has 3 aliphatic rings. The van der Waals surface area contributed by atoms with E-state index in [0.717, 1.165) is 24.2 Å². The van der Waals surface area contributed by atoms with Crippen molar-refractivity contribution in [3.05, 3.63) is 77.9 Å². The lowest BCUT2D eigenvalue weighted by Crippen LogP contribution is -2.68. The second-order valence-corrected chi connectivity index (χ2v) is 12.3. The van der Waals surface area contributed by atoms with Crippen molar-refractivity contribution in [3.8, 4) is 5.75 Å². The molecule has 6 rings (SSSR count). The van der Waals surface area contributed by atoms with Crippen LogP contribution in [0.5, 0.6) is 5.75 Å². The Hall–Kier alpha value is -2.82. The molecule has 3 aliphatic heterocycles. The third kappa shape index (κ3) is 2.99. The van der Waals surface area contributed by atoms with Crippen molar-refractivity contribution in [3.63, 3.8) is 0 Å². The average molecular weight is 468 g/mol. The summed E-state index contributed by atoms with van der Waals surface area (Å²) in [7, 11) is 0. The van der Waals surface area contributed by atoms with Gasteiger partial charge in [-0.1, -0.05) is 48.5 Å². The van der Waals surface area contributed by atoms with Gasteiger partial charge in [0.2, 0.25) is 5.72 Å². The molecule has 4 nitrogen and oxygen atoms in total. The van der Waals surface area contributed by atoms with Crippen molar-refractivity contribution >= 4 is 22.5 Å². The van der Waals surface area contributed by atoms with Crippen LogP contribution in [0.1, 0.15) is 65.5 Å². The zero-order valence-corrected chi connectivity index (χ0v) is 21.6. The summed E-state index contributed by atoms with van der Waals surface area (Å²) in [5.74, 6) is 0.914. The molecule has 1 fully saturated rings. The highest BCUT2D eigenvalue weighted by Crippen LogP contribution is 2.58. The molecule has 0 bridgehead atoms. The van der Waals surface area contributed by atoms with E-state index in [2.05, 4.69) is 119 Å². The van der Waals surface area contributed by atoms with Crippen LogP contribution in [0.25, 0.3) is 16.8 Å². The largest absolute Gasteiger partial charge is 0.463 e. The summed E-state index contributed by atoms with van der Waals surface area (Å²) in [5, 5.41) is 16.9. The maximum absolute atomic E-state index is 13.2. The number of hydrogen-bond donors (Lipinski definition) is 0. The van der Waals surface area contributed by atoms with E-state index in [1.54, 1.807) is 0 Å². The molecule has 3 aromatic rings. The summed E-state index contributed by atoms with van der Waals surface area (Å²) < 4.78 is 7.16. The van der Waals surface area contributed by atoms with Gasteiger partial charge in [0, 0.05) is 28.4 Å². The summed E-state index contributed by atoms with van der Waals surface area (Å²) in [6.45, 7) is 12.9. The Morgan fingerprint density at radius 1 is 0.829 bits per heavy atom. The van der Waals surface area contributed by atoms with E-state index >= 15 is 0 Å². The van der Waals surface area contributed by atoms with E-state index in [1.165, 1.54) is 27.1 Å². The lowest BCUT2D eigenvalue weighted by atomic mass is 9.74. The van der Waals surface area contributed by atoms with Gasteiger partial charge >= 0.3 is 0 Å². The van der Waals surface area contributed by atoms with Crippen LogP contribution in [0.15, 0.2) is 66.7 Å². The van der Waals surface area contributed by atoms with Gasteiger partial charge in [-0.25, -0.2) is 0 Å². The molecule has 3 aromatic carbocycles. The third-order valence-electron chi connectivity index (χ3n) is 8.70. The van der Waals surface area contributed by atoms with Gasteiger partial charge in [0.05, 0.1) is 5.41 Å². The Bertz CT molecular complexity index is 1340. The average Bonchev–Trinajstić information content (AvgIpc) is 3.00. The molecule has 35 heavy (non-hydrogen) atoms. The second kappa shape index (κ2) is 7.11. The molecule has 4 heteroatoms. The summed E-state index contributed by atoms with van der Waals surface area (Å²) in [6, 6.07) is 21.6. The summed E-state index contributed by atoms with van der Waals surface area (Å²) in [5.41, 5.74) is 1.70. The molecule has 0 N–H and O–H groups in total. The lowest BCUT2D eigenvalue weighted by Gasteiger charge is -2.56. The van der Waals surface area contributed by atoms with Crippen LogP contribution in [0.3, 0.4) is 0 Å². The van der Waals surface area contributed by atoms with E-state index in [0.29, 0.717) is 0 Å². The van der Waals surface area contributed by atoms with Gasteiger partial charge in [-0.05, 0) is 95.0 Å². The number of hydrogen-bond acceptors (Lipinski definition) is 3. The molecular weight excluding hydrogens is 432 g/mol. The van der Waals surface area contributed by atoms with E-state index in [4.69, 9.17) is 4.74 Å². The number of anilines is 1. The van der Waals surface area contributed by atoms with Gasteiger partial charge < -0.3 is 9.64 Å². The second-order valence-electron chi connectivity index (χ2n) is 12.3. The molecule has 3 heterocycles. The van der Waals surface area contributed by atoms with Crippen molar-refractivity contribution in [2.45, 2.75) is 82.6 Å². The smallest absolute Gasteiger partial charge is 0.212 e. The monoisotopic (exact) mass is 467 g/mol. The van der Waals surface area contributed by atoms with E-state index in [9.17, 15) is 5.21 Å². The first-order valence-electron chi connectivity index (χ1n) is 12.7. The standard InChI is InChI=1S/C31H35N2O2/c1-28(2)19-22(20-29(3,4)33(28)34)32-26-14-10-9-13-25(26)30(5,6)31(32)18-17-24-23-12-8-7-11-21(23)15-16-27(24)35-31/h7-18,22H,19-20H2,1-6H3. The van der Waals surface area contributed by atoms with Gasteiger partial charge in [-0.15, -0.1) is 10.3 Å². The molecule has 0 aliphatic carbocycles. The molecule has 0 amide bonds. The van der Waals surface area contributed by atoms with Gasteiger partial charge in [-0.2, -0.15) is 0 Å². The van der Waals surface area contributed by atoms with Crippen molar-refractivity contribution in [1.29, 1.82) is 0 Å². The third-order valence-corrected chi connectivity index (χ3v) is 8.70. The Morgan fingerprint density at radius 3 is 2.23 bits per heavy atom. The van der Waals surface area contributed by atoms with Gasteiger partial charge in [0.1, 0.15) is 5.75 Å². The number of para-hydroxylation sites is 1. The predicted molar refractivity (Wildman–Crippen MR) is 142 cm³/mol. The van der Waals surface area contributed by atoms with E-state index in [-0.39, 0.29) is 11.5 Å². The molecular formula is C31H35N2O2. The Morgan fingerprint density at radius 2 is 1.49 bits per heavy atom. The van der Waals surface area contributed by atoms with Crippen LogP contribution in [0.2, 0.25) is 0 Å². The molecule has 1 atom stereocenters. The number of benzene rings is 3. The maximum Gasteiger partial charge on any atom is 0.212 e. The molecule has 0 saturated carbocycles. The lowest BCUT2D eigenvalue weighted by molar-refractivity contribution is -0.289. The van der Waals surface area contributed by atoms with E-state index in [1.807, 2.05) is 0 Å². The highest BCUT2D eigenvalue weighted by atomic mass is 16.5. The Kier molecular flexibility index (Phi) is 4.60. The fourth-order valence-corrected chi connectivity index (χ4v) is 7.15. The summed E-state index contributed by atoms with van der Waals surface area (Å²) >= 11 is 0. The minimum absolute atomic E-state index is 0.153. The highest BCUT2D eigenvalue weighted by Gasteiger charge is 2.62. The highest BCUT2D eigenvalue weighted by molar-refractivity contribution is 5.94. The van der Waals surface area contributed by atoms with Crippen LogP contribution < -0.4 is 9.64 Å². The summed E-state index contributed by atoms with van der Waals surface area (Å²) in [4.78, 5) is 2.51. The maximum atomic E-state index is 13.2. The zero-order valence-electron chi connectivity index (χ0n) is 21.6. The van der Waals surface area contributed by atoms with Crippen molar-refractivity contribution < 1.29 is 9.94 Å². The first-order valence-corrected chi connectivity index (χ1v) is 12.7. The number of hydroxylamine groups is 2. The topological polar surface area (TPSA) is 35.6 Å². The van der Waals surface area contributed by atoms with Gasteiger partial charge in [-0.3, -0.25) is 0 Å². The Balaban J connectivity index is 1.54. The van der Waals surface area contributed by atoms with Crippen molar-refractivity contribution in [1.82, 2.24) is 5.06 Å². The van der Waals surface area contributed by atoms with Crippen molar-refractivity contribution in [2.75, 3.05) is 4.90 Å². The quantitative estimate of drug-likeness (QED) is 0.383. The van der Waals surface area contributed by atoms with Gasteiger partial charge in [0.25, 0.3) is 0 Å². The van der Waals surface area contributed by atoms with Crippen LogP contribution >= 0.6 is 0 Å². The number of fused-ring (bicyclic) bond motifs is 4. The molecule has 0 aromatic heterocycles. The van der Waals surface area contributed by atoms with Crippen LogP contribution in [-0.2, 0) is 10.6 Å². The summed E-state index contributed by atoms with van der Waals surface area (Å²) in [6.07, 6.45) is 6.09. The fourth-order valence-electron chi connectivity index (χ4n) is 7.15.